The summed E-state index contributed by atoms with van der Waals surface area (Å²) in [4.78, 5) is 24.3. The van der Waals surface area contributed by atoms with E-state index in [1.165, 1.54) is 0 Å². The van der Waals surface area contributed by atoms with Crippen LogP contribution in [0.1, 0.15) is 19.6 Å². The van der Waals surface area contributed by atoms with Crippen molar-refractivity contribution >= 4 is 11.8 Å². The van der Waals surface area contributed by atoms with Crippen LogP contribution in [0.4, 0.5) is 0 Å². The molecule has 0 saturated carbocycles. The van der Waals surface area contributed by atoms with E-state index in [0.717, 1.165) is 0 Å². The Bertz CT molecular complexity index is 638. The number of benzene rings is 1. The quantitative estimate of drug-likeness (QED) is 0.777. The molecule has 128 valence electrons. The molecule has 24 heavy (non-hydrogen) atoms. The third-order valence-electron chi connectivity index (χ3n) is 3.40. The Morgan fingerprint density at radius 1 is 1.12 bits per heavy atom. The number of furan rings is 1. The number of rotatable bonds is 8. The standard InChI is InChI=1S/C18H22N2O4/c1-13(2)17(18(22)19-11-15-9-6-10-23-15)20-16(21)12-24-14-7-4-3-5-8-14/h3-10,13,17H,11-12H2,1-2H3,(H,19,22)(H,20,21)/t17-/m1/s1. The van der Waals surface area contributed by atoms with Crippen LogP contribution in [0.25, 0.3) is 0 Å². The van der Waals surface area contributed by atoms with E-state index in [4.69, 9.17) is 9.15 Å². The van der Waals surface area contributed by atoms with Gasteiger partial charge in [-0.2, -0.15) is 0 Å². The number of amides is 2. The van der Waals surface area contributed by atoms with Gasteiger partial charge < -0.3 is 19.8 Å². The topological polar surface area (TPSA) is 80.6 Å². The maximum Gasteiger partial charge on any atom is 0.258 e. The smallest absolute Gasteiger partial charge is 0.258 e. The Morgan fingerprint density at radius 2 is 1.88 bits per heavy atom. The van der Waals surface area contributed by atoms with Crippen molar-refractivity contribution in [3.05, 3.63) is 54.5 Å². The Kier molecular flexibility index (Phi) is 6.42. The van der Waals surface area contributed by atoms with Crippen molar-refractivity contribution < 1.29 is 18.7 Å². The van der Waals surface area contributed by atoms with Crippen LogP contribution < -0.4 is 15.4 Å². The molecule has 1 aromatic carbocycles. The summed E-state index contributed by atoms with van der Waals surface area (Å²) >= 11 is 0. The van der Waals surface area contributed by atoms with Gasteiger partial charge in [0.15, 0.2) is 6.61 Å². The molecular formula is C18H22N2O4. The summed E-state index contributed by atoms with van der Waals surface area (Å²) in [6, 6.07) is 11.9. The third-order valence-corrected chi connectivity index (χ3v) is 3.40. The van der Waals surface area contributed by atoms with E-state index in [0.29, 0.717) is 11.5 Å². The number of ether oxygens (including phenoxy) is 1. The van der Waals surface area contributed by atoms with Crippen LogP contribution in [-0.4, -0.2) is 24.5 Å². The molecule has 1 atom stereocenters. The number of hydrogen-bond donors (Lipinski definition) is 2. The fourth-order valence-electron chi connectivity index (χ4n) is 2.11. The van der Waals surface area contributed by atoms with Gasteiger partial charge >= 0.3 is 0 Å². The number of carbonyl (C=O) groups excluding carboxylic acids is 2. The van der Waals surface area contributed by atoms with Crippen molar-refractivity contribution in [3.63, 3.8) is 0 Å². The largest absolute Gasteiger partial charge is 0.484 e. The highest BCUT2D eigenvalue weighted by Crippen LogP contribution is 2.08. The first-order valence-electron chi connectivity index (χ1n) is 7.83. The van der Waals surface area contributed by atoms with Crippen molar-refractivity contribution in [2.24, 2.45) is 5.92 Å². The van der Waals surface area contributed by atoms with E-state index >= 15 is 0 Å². The predicted molar refractivity (Wildman–Crippen MR) is 89.3 cm³/mol. The molecule has 0 unspecified atom stereocenters. The zero-order valence-electron chi connectivity index (χ0n) is 13.8. The first kappa shape index (κ1) is 17.6. The van der Waals surface area contributed by atoms with Gasteiger partial charge in [0, 0.05) is 0 Å². The molecule has 1 aromatic heterocycles. The van der Waals surface area contributed by atoms with Gasteiger partial charge in [0.05, 0.1) is 12.8 Å². The second-order valence-electron chi connectivity index (χ2n) is 5.69. The van der Waals surface area contributed by atoms with Crippen molar-refractivity contribution in [3.8, 4) is 5.75 Å². The summed E-state index contributed by atoms with van der Waals surface area (Å²) in [6.45, 7) is 3.88. The lowest BCUT2D eigenvalue weighted by atomic mass is 10.0. The molecule has 0 radical (unpaired) electrons. The lowest BCUT2D eigenvalue weighted by Gasteiger charge is -2.21. The van der Waals surface area contributed by atoms with Crippen molar-refractivity contribution in [1.82, 2.24) is 10.6 Å². The number of para-hydroxylation sites is 1. The lowest BCUT2D eigenvalue weighted by Crippen LogP contribution is -2.50. The molecule has 0 fully saturated rings. The van der Waals surface area contributed by atoms with Crippen molar-refractivity contribution in [2.75, 3.05) is 6.61 Å². The maximum atomic E-state index is 12.3. The van der Waals surface area contributed by atoms with Crippen molar-refractivity contribution in [2.45, 2.75) is 26.4 Å². The Labute approximate surface area is 141 Å². The summed E-state index contributed by atoms with van der Waals surface area (Å²) in [5, 5.41) is 5.47. The molecule has 0 aliphatic carbocycles. The van der Waals surface area contributed by atoms with Crippen LogP contribution in [0.5, 0.6) is 5.75 Å². The first-order valence-corrected chi connectivity index (χ1v) is 7.83. The molecule has 0 saturated heterocycles. The zero-order chi connectivity index (χ0) is 17.4. The highest BCUT2D eigenvalue weighted by molar-refractivity contribution is 5.88. The highest BCUT2D eigenvalue weighted by Gasteiger charge is 2.24. The summed E-state index contributed by atoms with van der Waals surface area (Å²) in [5.74, 6) is 0.614. The number of nitrogens with one attached hydrogen (secondary N) is 2. The molecule has 0 aliphatic rings. The fraction of sp³-hybridized carbons (Fsp3) is 0.333. The van der Waals surface area contributed by atoms with Crippen LogP contribution >= 0.6 is 0 Å². The summed E-state index contributed by atoms with van der Waals surface area (Å²) in [5.41, 5.74) is 0. The van der Waals surface area contributed by atoms with Gasteiger partial charge in [-0.3, -0.25) is 9.59 Å². The maximum absolute atomic E-state index is 12.3. The summed E-state index contributed by atoms with van der Waals surface area (Å²) in [7, 11) is 0. The minimum absolute atomic E-state index is 0.0534. The third kappa shape index (κ3) is 5.46. The molecule has 0 aliphatic heterocycles. The molecule has 6 nitrogen and oxygen atoms in total. The normalized spacial score (nSPS) is 11.8. The van der Waals surface area contributed by atoms with E-state index in [1.54, 1.807) is 30.5 Å². The van der Waals surface area contributed by atoms with Gasteiger partial charge in [0.2, 0.25) is 5.91 Å². The molecule has 2 N–H and O–H groups in total. The lowest BCUT2D eigenvalue weighted by molar-refractivity contribution is -0.131. The Morgan fingerprint density at radius 3 is 2.50 bits per heavy atom. The monoisotopic (exact) mass is 330 g/mol. The predicted octanol–water partition coefficient (Wildman–Crippen LogP) is 2.12. The van der Waals surface area contributed by atoms with E-state index in [2.05, 4.69) is 10.6 Å². The van der Waals surface area contributed by atoms with Crippen LogP contribution in [0.15, 0.2) is 53.1 Å². The van der Waals surface area contributed by atoms with Gasteiger partial charge in [-0.05, 0) is 30.2 Å². The van der Waals surface area contributed by atoms with Crippen LogP contribution in [0, 0.1) is 5.92 Å². The van der Waals surface area contributed by atoms with Gasteiger partial charge in [0.1, 0.15) is 17.6 Å². The second kappa shape index (κ2) is 8.76. The van der Waals surface area contributed by atoms with Gasteiger partial charge in [0.25, 0.3) is 5.91 Å². The minimum atomic E-state index is -0.633. The van der Waals surface area contributed by atoms with E-state index < -0.39 is 6.04 Å². The highest BCUT2D eigenvalue weighted by atomic mass is 16.5. The van der Waals surface area contributed by atoms with Crippen LogP contribution in [-0.2, 0) is 16.1 Å². The Hall–Kier alpha value is -2.76. The average molecular weight is 330 g/mol. The van der Waals surface area contributed by atoms with E-state index in [-0.39, 0.29) is 30.9 Å². The molecule has 0 bridgehead atoms. The summed E-state index contributed by atoms with van der Waals surface area (Å²) in [6.07, 6.45) is 1.55. The molecule has 2 rings (SSSR count). The average Bonchev–Trinajstić information content (AvgIpc) is 3.10. The fourth-order valence-corrected chi connectivity index (χ4v) is 2.11. The van der Waals surface area contributed by atoms with E-state index in [9.17, 15) is 9.59 Å². The van der Waals surface area contributed by atoms with E-state index in [1.807, 2.05) is 32.0 Å². The van der Waals surface area contributed by atoms with Gasteiger partial charge in [-0.25, -0.2) is 0 Å². The Balaban J connectivity index is 1.83. The first-order chi connectivity index (χ1) is 11.6. The number of hydrogen-bond acceptors (Lipinski definition) is 4. The summed E-state index contributed by atoms with van der Waals surface area (Å²) < 4.78 is 10.6. The molecule has 2 aromatic rings. The van der Waals surface area contributed by atoms with Gasteiger partial charge in [-0.1, -0.05) is 32.0 Å². The molecule has 2 amide bonds. The SMILES string of the molecule is CC(C)[C@@H](NC(=O)COc1ccccc1)C(=O)NCc1ccco1. The van der Waals surface area contributed by atoms with Crippen LogP contribution in [0.3, 0.4) is 0 Å². The van der Waals surface area contributed by atoms with Crippen molar-refractivity contribution in [1.29, 1.82) is 0 Å². The molecular weight excluding hydrogens is 308 g/mol. The zero-order valence-corrected chi connectivity index (χ0v) is 13.8. The van der Waals surface area contributed by atoms with Crippen LogP contribution in [0.2, 0.25) is 0 Å². The molecule has 6 heteroatoms. The minimum Gasteiger partial charge on any atom is -0.484 e. The number of carbonyl (C=O) groups is 2. The molecule has 1 heterocycles. The molecule has 0 spiro atoms. The van der Waals surface area contributed by atoms with Gasteiger partial charge in [-0.15, -0.1) is 0 Å². The second-order valence-corrected chi connectivity index (χ2v) is 5.69.